The van der Waals surface area contributed by atoms with Gasteiger partial charge in [-0.1, -0.05) is 23.8 Å². The van der Waals surface area contributed by atoms with Crippen molar-refractivity contribution in [3.8, 4) is 0 Å². The van der Waals surface area contributed by atoms with Gasteiger partial charge in [-0.05, 0) is 69.3 Å². The van der Waals surface area contributed by atoms with Crippen LogP contribution in [0, 0.1) is 19.8 Å². The van der Waals surface area contributed by atoms with E-state index in [0.717, 1.165) is 30.6 Å². The van der Waals surface area contributed by atoms with Crippen LogP contribution in [0.1, 0.15) is 41.1 Å². The molecule has 4 atom stereocenters. The summed E-state index contributed by atoms with van der Waals surface area (Å²) in [5, 5.41) is 0. The summed E-state index contributed by atoms with van der Waals surface area (Å²) >= 11 is 0. The Labute approximate surface area is 157 Å². The lowest BCUT2D eigenvalue weighted by molar-refractivity contribution is 0.0371. The lowest BCUT2D eigenvalue weighted by Gasteiger charge is -2.53. The maximum atomic E-state index is 4.48. The average molecular weight is 348 g/mol. The topological polar surface area (TPSA) is 19.4 Å². The average Bonchev–Trinajstić information content (AvgIpc) is 2.97. The largest absolute Gasteiger partial charge is 0.367 e. The molecule has 3 fully saturated rings. The second kappa shape index (κ2) is 6.09. The van der Waals surface area contributed by atoms with E-state index in [2.05, 4.69) is 72.2 Å². The number of hydrogen-bond donors (Lipinski definition) is 0. The minimum absolute atomic E-state index is 0.693. The van der Waals surface area contributed by atoms with Gasteiger partial charge in [-0.25, -0.2) is 0 Å². The van der Waals surface area contributed by atoms with Crippen LogP contribution in [0.15, 0.2) is 36.5 Å². The van der Waals surface area contributed by atoms with E-state index in [1.165, 1.54) is 36.2 Å². The number of rotatable bonds is 3. The molecule has 3 heteroatoms. The van der Waals surface area contributed by atoms with E-state index < -0.39 is 0 Å². The summed E-state index contributed by atoms with van der Waals surface area (Å²) in [4.78, 5) is 9.87. The lowest BCUT2D eigenvalue weighted by Crippen LogP contribution is -2.60. The van der Waals surface area contributed by atoms with Gasteiger partial charge in [-0.2, -0.15) is 0 Å². The highest BCUT2D eigenvalue weighted by Gasteiger charge is 2.53. The van der Waals surface area contributed by atoms with Gasteiger partial charge in [0.25, 0.3) is 0 Å². The molecule has 1 saturated carbocycles. The Morgan fingerprint density at radius 3 is 2.77 bits per heavy atom. The van der Waals surface area contributed by atoms with Crippen molar-refractivity contribution in [3.05, 3.63) is 58.9 Å². The number of hydrogen-bond acceptors (Lipinski definition) is 3. The number of likely N-dealkylation sites (N-methyl/N-ethyl adjacent to an activating group) is 1. The Hall–Kier alpha value is -1.87. The molecule has 1 aromatic carbocycles. The maximum Gasteiger partial charge on any atom is 0.0414 e. The summed E-state index contributed by atoms with van der Waals surface area (Å²) in [6.45, 7) is 6.67. The summed E-state index contributed by atoms with van der Waals surface area (Å²) in [6, 6.07) is 12.9. The number of aromatic nitrogens is 1. The first kappa shape index (κ1) is 16.3. The molecule has 6 rings (SSSR count). The van der Waals surface area contributed by atoms with Gasteiger partial charge in [0.1, 0.15) is 0 Å². The van der Waals surface area contributed by atoms with Crippen LogP contribution in [0.3, 0.4) is 0 Å². The van der Waals surface area contributed by atoms with Crippen LogP contribution < -0.4 is 4.90 Å². The van der Waals surface area contributed by atoms with Gasteiger partial charge in [-0.3, -0.25) is 4.98 Å². The first-order valence-electron chi connectivity index (χ1n) is 10.1. The van der Waals surface area contributed by atoms with Crippen LogP contribution in [0.2, 0.25) is 0 Å². The van der Waals surface area contributed by atoms with Gasteiger partial charge in [0.05, 0.1) is 0 Å². The molecule has 2 saturated heterocycles. The van der Waals surface area contributed by atoms with Crippen molar-refractivity contribution in [1.29, 1.82) is 0 Å². The number of aryl methyl sites for hydroxylation is 2. The quantitative estimate of drug-likeness (QED) is 0.838. The monoisotopic (exact) mass is 347 g/mol. The summed E-state index contributed by atoms with van der Waals surface area (Å²) in [5.41, 5.74) is 6.96. The van der Waals surface area contributed by atoms with Crippen LogP contribution in [-0.4, -0.2) is 42.1 Å². The highest BCUT2D eigenvalue weighted by Crippen LogP contribution is 2.54. The first-order valence-corrected chi connectivity index (χ1v) is 10.1. The van der Waals surface area contributed by atoms with Gasteiger partial charge in [0.15, 0.2) is 0 Å². The van der Waals surface area contributed by atoms with Gasteiger partial charge in [0, 0.05) is 48.7 Å². The van der Waals surface area contributed by atoms with Gasteiger partial charge in [0.2, 0.25) is 0 Å². The van der Waals surface area contributed by atoms with Crippen molar-refractivity contribution in [2.45, 2.75) is 51.1 Å². The Bertz CT molecular complexity index is 813. The molecule has 1 aliphatic carbocycles. The SMILES string of the molecule is Cc1ccc2c(c1)C1C3CCC(CN3C)C1N2CCc1ccc(C)nc1. The zero-order valence-corrected chi connectivity index (χ0v) is 16.2. The molecule has 0 radical (unpaired) electrons. The fraction of sp³-hybridized carbons (Fsp3) is 0.522. The summed E-state index contributed by atoms with van der Waals surface area (Å²) < 4.78 is 0. The normalized spacial score (nSPS) is 29.7. The van der Waals surface area contributed by atoms with E-state index in [-0.39, 0.29) is 0 Å². The third-order valence-electron chi connectivity index (χ3n) is 7.01. The Morgan fingerprint density at radius 2 is 2.00 bits per heavy atom. The van der Waals surface area contributed by atoms with Gasteiger partial charge < -0.3 is 9.80 Å². The fourth-order valence-corrected chi connectivity index (χ4v) is 5.82. The number of anilines is 1. The molecule has 4 heterocycles. The Morgan fingerprint density at radius 1 is 1.12 bits per heavy atom. The standard InChI is InChI=1S/C23H29N3/c1-15-4-8-20-19(12-15)22-21-9-7-18(14-25(21)3)23(22)26(20)11-10-17-6-5-16(2)24-13-17/h4-6,8,12-13,18,21-23H,7,9-11,14H2,1-3H3. The third-order valence-corrected chi connectivity index (χ3v) is 7.01. The molecule has 26 heavy (non-hydrogen) atoms. The van der Waals surface area contributed by atoms with Gasteiger partial charge in [-0.15, -0.1) is 0 Å². The molecule has 0 N–H and O–H groups in total. The van der Waals surface area contributed by atoms with E-state index in [0.29, 0.717) is 12.0 Å². The van der Waals surface area contributed by atoms with E-state index in [9.17, 15) is 0 Å². The van der Waals surface area contributed by atoms with Crippen LogP contribution in [0.4, 0.5) is 5.69 Å². The fourth-order valence-electron chi connectivity index (χ4n) is 5.82. The Balaban J connectivity index is 1.48. The molecular weight excluding hydrogens is 318 g/mol. The van der Waals surface area contributed by atoms with Crippen LogP contribution >= 0.6 is 0 Å². The molecular formula is C23H29N3. The number of fused-ring (bicyclic) bond motifs is 3. The molecule has 3 aliphatic heterocycles. The lowest BCUT2D eigenvalue weighted by atomic mass is 9.68. The molecule has 4 aliphatic rings. The van der Waals surface area contributed by atoms with Crippen LogP contribution in [-0.2, 0) is 6.42 Å². The molecule has 4 unspecified atom stereocenters. The Kier molecular flexibility index (Phi) is 3.82. The van der Waals surface area contributed by atoms with Crippen molar-refractivity contribution in [2.75, 3.05) is 25.0 Å². The van der Waals surface area contributed by atoms with E-state index in [1.54, 1.807) is 5.56 Å². The van der Waals surface area contributed by atoms with Crippen molar-refractivity contribution in [3.63, 3.8) is 0 Å². The van der Waals surface area contributed by atoms with Gasteiger partial charge >= 0.3 is 0 Å². The van der Waals surface area contributed by atoms with Crippen molar-refractivity contribution < 1.29 is 0 Å². The summed E-state index contributed by atoms with van der Waals surface area (Å²) in [5.74, 6) is 1.50. The zero-order chi connectivity index (χ0) is 17.8. The molecule has 2 bridgehead atoms. The van der Waals surface area contributed by atoms with Crippen molar-refractivity contribution >= 4 is 5.69 Å². The van der Waals surface area contributed by atoms with E-state index >= 15 is 0 Å². The number of nitrogens with zero attached hydrogens (tertiary/aromatic N) is 3. The smallest absolute Gasteiger partial charge is 0.0414 e. The number of benzene rings is 1. The first-order chi connectivity index (χ1) is 12.6. The summed E-state index contributed by atoms with van der Waals surface area (Å²) in [7, 11) is 2.34. The summed E-state index contributed by atoms with van der Waals surface area (Å²) in [6.07, 6.45) is 5.90. The molecule has 3 nitrogen and oxygen atoms in total. The van der Waals surface area contributed by atoms with Crippen LogP contribution in [0.25, 0.3) is 0 Å². The minimum atomic E-state index is 0.693. The number of piperidine rings is 2. The van der Waals surface area contributed by atoms with Crippen molar-refractivity contribution in [2.24, 2.45) is 5.92 Å². The second-order valence-corrected chi connectivity index (χ2v) is 8.67. The van der Waals surface area contributed by atoms with E-state index in [1.807, 2.05) is 0 Å². The van der Waals surface area contributed by atoms with Crippen LogP contribution in [0.5, 0.6) is 0 Å². The van der Waals surface area contributed by atoms with E-state index in [4.69, 9.17) is 0 Å². The maximum absolute atomic E-state index is 4.48. The zero-order valence-electron chi connectivity index (χ0n) is 16.2. The third kappa shape index (κ3) is 2.48. The predicted molar refractivity (Wildman–Crippen MR) is 107 cm³/mol. The molecule has 0 amide bonds. The molecule has 2 aromatic rings. The van der Waals surface area contributed by atoms with Crippen molar-refractivity contribution in [1.82, 2.24) is 9.88 Å². The highest BCUT2D eigenvalue weighted by atomic mass is 15.3. The molecule has 136 valence electrons. The minimum Gasteiger partial charge on any atom is -0.367 e. The predicted octanol–water partition coefficient (Wildman–Crippen LogP) is 3.94. The highest BCUT2D eigenvalue weighted by molar-refractivity contribution is 5.64. The molecule has 0 spiro atoms. The second-order valence-electron chi connectivity index (χ2n) is 8.67. The molecule has 1 aromatic heterocycles. The number of pyridine rings is 1.